The second-order valence-corrected chi connectivity index (χ2v) is 5.44. The van der Waals surface area contributed by atoms with Gasteiger partial charge in [-0.25, -0.2) is 4.85 Å². The number of aromatic amines is 1. The van der Waals surface area contributed by atoms with Crippen LogP contribution in [0, 0.1) is 12.5 Å². The average Bonchev–Trinajstić information content (AvgIpc) is 3.11. The molecule has 1 saturated carbocycles. The number of rotatable bonds is 4. The van der Waals surface area contributed by atoms with Crippen LogP contribution in [0.4, 0.5) is 5.69 Å². The number of H-pyrrole nitrogens is 1. The van der Waals surface area contributed by atoms with Crippen molar-refractivity contribution in [2.75, 3.05) is 6.54 Å². The van der Waals surface area contributed by atoms with E-state index in [-0.39, 0.29) is 0 Å². The van der Waals surface area contributed by atoms with Crippen LogP contribution in [0.25, 0.3) is 15.7 Å². The molecule has 0 aliphatic heterocycles. The Morgan fingerprint density at radius 2 is 2.37 bits per heavy atom. The van der Waals surface area contributed by atoms with E-state index in [9.17, 15) is 0 Å². The summed E-state index contributed by atoms with van der Waals surface area (Å²) >= 11 is 0. The van der Waals surface area contributed by atoms with Crippen molar-refractivity contribution in [2.45, 2.75) is 32.2 Å². The van der Waals surface area contributed by atoms with Gasteiger partial charge in [0.25, 0.3) is 0 Å². The highest BCUT2D eigenvalue weighted by Crippen LogP contribution is 2.51. The maximum absolute atomic E-state index is 7.13. The number of aromatic nitrogens is 1. The molecular weight excluding hydrogens is 234 g/mol. The van der Waals surface area contributed by atoms with Gasteiger partial charge in [-0.3, -0.25) is 0 Å². The minimum absolute atomic E-state index is 0.573. The fourth-order valence-electron chi connectivity index (χ4n) is 3.10. The van der Waals surface area contributed by atoms with E-state index in [1.807, 2.05) is 18.2 Å². The lowest BCUT2D eigenvalue weighted by Gasteiger charge is -2.11. The van der Waals surface area contributed by atoms with Crippen LogP contribution in [-0.2, 0) is 0 Å². The Balaban J connectivity index is 1.89. The van der Waals surface area contributed by atoms with Crippen molar-refractivity contribution in [1.82, 2.24) is 10.3 Å². The van der Waals surface area contributed by atoms with Crippen molar-refractivity contribution in [3.8, 4) is 0 Å². The van der Waals surface area contributed by atoms with E-state index in [1.165, 1.54) is 17.4 Å². The summed E-state index contributed by atoms with van der Waals surface area (Å²) in [7, 11) is 0. The van der Waals surface area contributed by atoms with Crippen LogP contribution in [0.2, 0.25) is 0 Å². The summed E-state index contributed by atoms with van der Waals surface area (Å²) in [4.78, 5) is 6.86. The van der Waals surface area contributed by atoms with E-state index in [0.29, 0.717) is 12.0 Å². The molecule has 1 aliphatic rings. The molecule has 0 amide bonds. The predicted octanol–water partition coefficient (Wildman–Crippen LogP) is 3.82. The maximum atomic E-state index is 7.13. The molecule has 3 heteroatoms. The quantitative estimate of drug-likeness (QED) is 0.798. The largest absolute Gasteiger partial charge is 0.361 e. The van der Waals surface area contributed by atoms with Crippen LogP contribution < -0.4 is 5.32 Å². The Hall–Kier alpha value is -1.79. The summed E-state index contributed by atoms with van der Waals surface area (Å²) in [6.07, 6.45) is 3.38. The Kier molecular flexibility index (Phi) is 3.04. The number of fused-ring (bicyclic) bond motifs is 1. The van der Waals surface area contributed by atoms with Crippen molar-refractivity contribution in [1.29, 1.82) is 0 Å². The predicted molar refractivity (Wildman–Crippen MR) is 78.5 cm³/mol. The monoisotopic (exact) mass is 253 g/mol. The SMILES string of the molecule is [C-]#[N+]c1ccc2[nH]cc(C3CC3C(C)NCC)c2c1. The van der Waals surface area contributed by atoms with Crippen molar-refractivity contribution in [3.05, 3.63) is 41.4 Å². The van der Waals surface area contributed by atoms with Crippen LogP contribution in [0.1, 0.15) is 31.7 Å². The minimum atomic E-state index is 0.573. The summed E-state index contributed by atoms with van der Waals surface area (Å²) < 4.78 is 0. The molecule has 1 aromatic carbocycles. The lowest BCUT2D eigenvalue weighted by atomic mass is 10.0. The second-order valence-electron chi connectivity index (χ2n) is 5.44. The maximum Gasteiger partial charge on any atom is 0.187 e. The topological polar surface area (TPSA) is 32.2 Å². The summed E-state index contributed by atoms with van der Waals surface area (Å²) in [6, 6.07) is 6.48. The van der Waals surface area contributed by atoms with E-state index < -0.39 is 0 Å². The Morgan fingerprint density at radius 1 is 1.53 bits per heavy atom. The Labute approximate surface area is 113 Å². The van der Waals surface area contributed by atoms with Crippen molar-refractivity contribution in [2.24, 2.45) is 5.92 Å². The summed E-state index contributed by atoms with van der Waals surface area (Å²) in [6.45, 7) is 12.6. The van der Waals surface area contributed by atoms with Crippen LogP contribution >= 0.6 is 0 Å². The van der Waals surface area contributed by atoms with Gasteiger partial charge in [0.15, 0.2) is 5.69 Å². The molecule has 0 radical (unpaired) electrons. The summed E-state index contributed by atoms with van der Waals surface area (Å²) in [5, 5.41) is 4.74. The van der Waals surface area contributed by atoms with Crippen LogP contribution in [0.15, 0.2) is 24.4 Å². The van der Waals surface area contributed by atoms with Gasteiger partial charge in [-0.15, -0.1) is 0 Å². The summed E-state index contributed by atoms with van der Waals surface area (Å²) in [5.41, 5.74) is 3.25. The van der Waals surface area contributed by atoms with E-state index in [4.69, 9.17) is 6.57 Å². The molecule has 3 rings (SSSR count). The molecule has 3 unspecified atom stereocenters. The smallest absolute Gasteiger partial charge is 0.187 e. The molecule has 2 N–H and O–H groups in total. The average molecular weight is 253 g/mol. The van der Waals surface area contributed by atoms with Crippen LogP contribution in [0.5, 0.6) is 0 Å². The molecule has 0 bridgehead atoms. The van der Waals surface area contributed by atoms with Crippen LogP contribution in [0.3, 0.4) is 0 Å². The lowest BCUT2D eigenvalue weighted by Crippen LogP contribution is -2.27. The molecule has 2 aromatic rings. The molecule has 19 heavy (non-hydrogen) atoms. The lowest BCUT2D eigenvalue weighted by molar-refractivity contribution is 0.503. The number of nitrogens with one attached hydrogen (secondary N) is 2. The fourth-order valence-corrected chi connectivity index (χ4v) is 3.10. The highest BCUT2D eigenvalue weighted by atomic mass is 14.9. The Bertz CT molecular complexity index is 635. The van der Waals surface area contributed by atoms with E-state index in [2.05, 4.69) is 35.2 Å². The zero-order valence-electron chi connectivity index (χ0n) is 11.4. The molecule has 3 nitrogen and oxygen atoms in total. The van der Waals surface area contributed by atoms with Gasteiger partial charge in [-0.05, 0) is 54.8 Å². The third-order valence-electron chi connectivity index (χ3n) is 4.23. The molecule has 1 fully saturated rings. The van der Waals surface area contributed by atoms with Gasteiger partial charge >= 0.3 is 0 Å². The number of benzene rings is 1. The first-order valence-corrected chi connectivity index (χ1v) is 6.96. The summed E-state index contributed by atoms with van der Waals surface area (Å²) in [5.74, 6) is 1.37. The molecule has 0 spiro atoms. The normalized spacial score (nSPS) is 23.2. The van der Waals surface area contributed by atoms with Gasteiger partial charge in [0.05, 0.1) is 6.57 Å². The van der Waals surface area contributed by atoms with E-state index in [1.54, 1.807) is 0 Å². The third kappa shape index (κ3) is 2.13. The van der Waals surface area contributed by atoms with Gasteiger partial charge in [-0.1, -0.05) is 13.0 Å². The second kappa shape index (κ2) is 4.71. The standard InChI is InChI=1S/C16H19N3/c1-4-18-10(2)12-8-13(12)15-9-19-16-6-5-11(17-3)7-14(15)16/h5-7,9-10,12-13,18-19H,4,8H2,1-2H3. The van der Waals surface area contributed by atoms with Gasteiger partial charge in [-0.2, -0.15) is 0 Å². The number of hydrogen-bond acceptors (Lipinski definition) is 1. The molecule has 0 saturated heterocycles. The Morgan fingerprint density at radius 3 is 3.11 bits per heavy atom. The van der Waals surface area contributed by atoms with Gasteiger partial charge in [0.2, 0.25) is 0 Å². The van der Waals surface area contributed by atoms with Gasteiger partial charge in [0, 0.05) is 17.8 Å². The van der Waals surface area contributed by atoms with Crippen molar-refractivity contribution in [3.63, 3.8) is 0 Å². The molecule has 1 aliphatic carbocycles. The zero-order chi connectivity index (χ0) is 13.4. The number of hydrogen-bond donors (Lipinski definition) is 2. The molecular formula is C16H19N3. The van der Waals surface area contributed by atoms with Gasteiger partial charge < -0.3 is 10.3 Å². The molecule has 3 atom stereocenters. The third-order valence-corrected chi connectivity index (χ3v) is 4.23. The van der Waals surface area contributed by atoms with E-state index >= 15 is 0 Å². The van der Waals surface area contributed by atoms with E-state index in [0.717, 1.165) is 23.7 Å². The van der Waals surface area contributed by atoms with Crippen molar-refractivity contribution >= 4 is 16.6 Å². The number of nitrogens with zero attached hydrogens (tertiary/aromatic N) is 1. The first kappa shape index (κ1) is 12.3. The van der Waals surface area contributed by atoms with Gasteiger partial charge in [0.1, 0.15) is 0 Å². The molecule has 98 valence electrons. The highest BCUT2D eigenvalue weighted by Gasteiger charge is 2.42. The fraction of sp³-hybridized carbons (Fsp3) is 0.438. The zero-order valence-corrected chi connectivity index (χ0v) is 11.4. The first-order chi connectivity index (χ1) is 9.24. The minimum Gasteiger partial charge on any atom is -0.361 e. The molecule has 1 aromatic heterocycles. The molecule has 1 heterocycles. The van der Waals surface area contributed by atoms with Crippen LogP contribution in [-0.4, -0.2) is 17.6 Å². The van der Waals surface area contributed by atoms with Crippen molar-refractivity contribution < 1.29 is 0 Å². The first-order valence-electron chi connectivity index (χ1n) is 6.96. The highest BCUT2D eigenvalue weighted by molar-refractivity contribution is 5.87.